The summed E-state index contributed by atoms with van der Waals surface area (Å²) in [5.74, 6) is -0.239. The van der Waals surface area contributed by atoms with Gasteiger partial charge in [-0.25, -0.2) is 4.79 Å². The first-order valence-corrected chi connectivity index (χ1v) is 6.18. The molecule has 0 spiro atoms. The summed E-state index contributed by atoms with van der Waals surface area (Å²) in [5.41, 5.74) is 1.13. The van der Waals surface area contributed by atoms with Crippen LogP contribution >= 0.6 is 11.8 Å². The van der Waals surface area contributed by atoms with Crippen LogP contribution in [0.4, 0.5) is 4.79 Å². The first-order valence-electron chi connectivity index (χ1n) is 5.24. The number of rotatable bonds is 2. The minimum Gasteiger partial charge on any atom is -0.449 e. The molecule has 2 aliphatic rings. The van der Waals surface area contributed by atoms with E-state index in [0.29, 0.717) is 11.3 Å². The molecule has 1 amide bonds. The first-order chi connectivity index (χ1) is 9.06. The number of ether oxygens (including phenoxy) is 1. The average molecular weight is 280 g/mol. The number of hydrogen-bond acceptors (Lipinski definition) is 6. The molecule has 8 nitrogen and oxygen atoms in total. The minimum absolute atomic E-state index is 0.0452. The number of nitrogens with zero attached hydrogens (tertiary/aromatic N) is 4. The predicted molar refractivity (Wildman–Crippen MR) is 64.4 cm³/mol. The molecule has 2 aliphatic heterocycles. The van der Waals surface area contributed by atoms with Crippen LogP contribution in [0.15, 0.2) is 23.1 Å². The molecule has 1 fully saturated rings. The highest BCUT2D eigenvalue weighted by molar-refractivity contribution is 8.03. The molecule has 0 unspecified atom stereocenters. The van der Waals surface area contributed by atoms with Gasteiger partial charge >= 0.3 is 6.16 Å². The summed E-state index contributed by atoms with van der Waals surface area (Å²) in [7, 11) is 1.73. The van der Waals surface area contributed by atoms with E-state index in [0.717, 1.165) is 0 Å². The van der Waals surface area contributed by atoms with Crippen molar-refractivity contribution in [3.05, 3.63) is 28.8 Å². The zero-order valence-electron chi connectivity index (χ0n) is 9.68. The van der Waals surface area contributed by atoms with Crippen LogP contribution < -0.4 is 0 Å². The van der Waals surface area contributed by atoms with Crippen molar-refractivity contribution in [3.8, 4) is 0 Å². The fourth-order valence-electron chi connectivity index (χ4n) is 1.84. The number of β-lactam (4-membered cyclic amide) rings is 1. The van der Waals surface area contributed by atoms with Crippen molar-refractivity contribution in [1.29, 1.82) is 0 Å². The molecule has 3 rings (SSSR count). The third kappa shape index (κ3) is 1.87. The normalized spacial score (nSPS) is 23.1. The van der Waals surface area contributed by atoms with E-state index in [9.17, 15) is 9.59 Å². The molecule has 98 valence electrons. The van der Waals surface area contributed by atoms with E-state index >= 15 is 0 Å². The van der Waals surface area contributed by atoms with Gasteiger partial charge in [0.2, 0.25) is 5.88 Å². The van der Waals surface area contributed by atoms with Gasteiger partial charge in [-0.15, -0.1) is 5.10 Å². The van der Waals surface area contributed by atoms with Gasteiger partial charge in [0, 0.05) is 12.5 Å². The van der Waals surface area contributed by atoms with E-state index in [1.54, 1.807) is 19.3 Å². The van der Waals surface area contributed by atoms with Crippen molar-refractivity contribution in [2.75, 3.05) is 0 Å². The molecule has 9 heteroatoms. The predicted octanol–water partition coefficient (Wildman–Crippen LogP) is 0.607. The van der Waals surface area contributed by atoms with Gasteiger partial charge in [0.15, 0.2) is 0 Å². The van der Waals surface area contributed by atoms with E-state index in [1.165, 1.54) is 26.8 Å². The Morgan fingerprint density at radius 2 is 2.42 bits per heavy atom. The van der Waals surface area contributed by atoms with E-state index in [-0.39, 0.29) is 17.2 Å². The van der Waals surface area contributed by atoms with E-state index in [1.807, 2.05) is 0 Å². The van der Waals surface area contributed by atoms with Crippen LogP contribution in [0.5, 0.6) is 0 Å². The number of carboxylic acid groups (broad SMARTS) is 1. The largest absolute Gasteiger partial charge is 0.512 e. The molecule has 3 heterocycles. The lowest BCUT2D eigenvalue weighted by atomic mass is 10.1. The van der Waals surface area contributed by atoms with Crippen LogP contribution in [0.25, 0.3) is 6.08 Å². The number of thioether (sulfide) groups is 1. The smallest absolute Gasteiger partial charge is 0.449 e. The molecule has 1 aromatic heterocycles. The Balaban J connectivity index is 1.79. The highest BCUT2D eigenvalue weighted by Gasteiger charge is 2.49. The number of aryl methyl sites for hydroxylation is 1. The van der Waals surface area contributed by atoms with Gasteiger partial charge in [0.05, 0.1) is 11.8 Å². The Morgan fingerprint density at radius 1 is 1.63 bits per heavy atom. The summed E-state index contributed by atoms with van der Waals surface area (Å²) < 4.78 is 6.05. The standard InChI is InChI=1S/C10H8N4O4S/c1-13-3-5(11-12-13)2-6-8(15)14-7(18-10(16)17)4-19-9(6)14/h2-4,9H,1H3,(H,16,17)/b6-2+/t9-/m0/s1. The number of aromatic nitrogens is 3. The fourth-order valence-corrected chi connectivity index (χ4v) is 2.88. The number of fused-ring (bicyclic) bond motifs is 1. The van der Waals surface area contributed by atoms with Crippen LogP contribution in [-0.4, -0.2) is 42.4 Å². The lowest BCUT2D eigenvalue weighted by Gasteiger charge is -2.36. The Kier molecular flexibility index (Phi) is 2.56. The third-order valence-corrected chi connectivity index (χ3v) is 3.68. The van der Waals surface area contributed by atoms with Crippen molar-refractivity contribution in [1.82, 2.24) is 19.9 Å². The van der Waals surface area contributed by atoms with Gasteiger partial charge < -0.3 is 9.84 Å². The summed E-state index contributed by atoms with van der Waals surface area (Å²) in [6, 6.07) is 0. The van der Waals surface area contributed by atoms with Crippen molar-refractivity contribution >= 4 is 29.9 Å². The van der Waals surface area contributed by atoms with Crippen LogP contribution in [0, 0.1) is 0 Å². The molecule has 1 aromatic rings. The van der Waals surface area contributed by atoms with Crippen LogP contribution in [-0.2, 0) is 16.6 Å². The summed E-state index contributed by atoms with van der Waals surface area (Å²) in [5, 5.41) is 17.4. The van der Waals surface area contributed by atoms with E-state index < -0.39 is 6.16 Å². The summed E-state index contributed by atoms with van der Waals surface area (Å²) in [6.45, 7) is 0. The lowest BCUT2D eigenvalue weighted by molar-refractivity contribution is -0.133. The highest BCUT2D eigenvalue weighted by atomic mass is 32.2. The Morgan fingerprint density at radius 3 is 3.05 bits per heavy atom. The molecule has 1 atom stereocenters. The summed E-state index contributed by atoms with van der Waals surface area (Å²) >= 11 is 1.31. The van der Waals surface area contributed by atoms with Crippen molar-refractivity contribution < 1.29 is 19.4 Å². The second-order valence-corrected chi connectivity index (χ2v) is 4.86. The molecule has 0 radical (unpaired) electrons. The van der Waals surface area contributed by atoms with Gasteiger partial charge in [0.1, 0.15) is 11.1 Å². The maximum Gasteiger partial charge on any atom is 0.512 e. The van der Waals surface area contributed by atoms with Gasteiger partial charge in [0.25, 0.3) is 5.91 Å². The molecular weight excluding hydrogens is 272 g/mol. The molecule has 0 aromatic carbocycles. The Hall–Kier alpha value is -2.29. The lowest BCUT2D eigenvalue weighted by Crippen LogP contribution is -2.50. The third-order valence-electron chi connectivity index (χ3n) is 2.62. The second kappa shape index (κ2) is 4.12. The SMILES string of the molecule is Cn1cc(/C=C2\C(=O)N3C(OC(=O)O)=CS[C@@H]23)nn1. The van der Waals surface area contributed by atoms with Gasteiger partial charge in [-0.1, -0.05) is 17.0 Å². The molecule has 0 bridgehead atoms. The summed E-state index contributed by atoms with van der Waals surface area (Å²) in [4.78, 5) is 23.7. The molecule has 19 heavy (non-hydrogen) atoms. The quantitative estimate of drug-likeness (QED) is 0.481. The number of amides is 1. The maximum atomic E-state index is 11.9. The number of carbonyl (C=O) groups excluding carboxylic acids is 1. The van der Waals surface area contributed by atoms with E-state index in [2.05, 4.69) is 15.0 Å². The van der Waals surface area contributed by atoms with Crippen molar-refractivity contribution in [2.24, 2.45) is 7.05 Å². The topological polar surface area (TPSA) is 97.5 Å². The van der Waals surface area contributed by atoms with Crippen LogP contribution in [0.2, 0.25) is 0 Å². The Bertz CT molecular complexity index is 635. The van der Waals surface area contributed by atoms with Crippen molar-refractivity contribution in [2.45, 2.75) is 5.37 Å². The molecule has 1 saturated heterocycles. The monoisotopic (exact) mass is 280 g/mol. The number of hydrogen-bond donors (Lipinski definition) is 1. The molecule has 0 aliphatic carbocycles. The van der Waals surface area contributed by atoms with Gasteiger partial charge in [-0.3, -0.25) is 14.4 Å². The zero-order valence-corrected chi connectivity index (χ0v) is 10.5. The second-order valence-electron chi connectivity index (χ2n) is 3.90. The van der Waals surface area contributed by atoms with Gasteiger partial charge in [-0.05, 0) is 6.08 Å². The van der Waals surface area contributed by atoms with Crippen LogP contribution in [0.1, 0.15) is 5.69 Å². The highest BCUT2D eigenvalue weighted by Crippen LogP contribution is 2.45. The fraction of sp³-hybridized carbons (Fsp3) is 0.200. The average Bonchev–Trinajstić information content (AvgIpc) is 2.90. The van der Waals surface area contributed by atoms with E-state index in [4.69, 9.17) is 5.11 Å². The maximum absolute atomic E-state index is 11.9. The minimum atomic E-state index is -1.44. The van der Waals surface area contributed by atoms with Crippen LogP contribution in [0.3, 0.4) is 0 Å². The molecular formula is C10H8N4O4S. The summed E-state index contributed by atoms with van der Waals surface area (Å²) in [6.07, 6.45) is 1.89. The van der Waals surface area contributed by atoms with Gasteiger partial charge in [-0.2, -0.15) is 0 Å². The first kappa shape index (κ1) is 11.8. The number of carbonyl (C=O) groups is 2. The zero-order chi connectivity index (χ0) is 13.6. The van der Waals surface area contributed by atoms with Crippen molar-refractivity contribution in [3.63, 3.8) is 0 Å². The molecule has 1 N–H and O–H groups in total. The molecule has 0 saturated carbocycles. The Labute approximate surface area is 111 Å².